The molecule has 1 unspecified atom stereocenters. The van der Waals surface area contributed by atoms with Crippen LogP contribution >= 0.6 is 0 Å². The number of hydrogen-bond donors (Lipinski definition) is 1. The Balaban J connectivity index is 1.52. The van der Waals surface area contributed by atoms with Crippen molar-refractivity contribution in [1.29, 1.82) is 0 Å². The van der Waals surface area contributed by atoms with Gasteiger partial charge in [0.05, 0.1) is 17.8 Å². The van der Waals surface area contributed by atoms with Gasteiger partial charge in [0.15, 0.2) is 5.65 Å². The molecule has 2 aromatic rings. The van der Waals surface area contributed by atoms with Gasteiger partial charge in [-0.15, -0.1) is 10.2 Å². The summed E-state index contributed by atoms with van der Waals surface area (Å²) in [5.74, 6) is 1.07. The third-order valence-corrected chi connectivity index (χ3v) is 5.62. The maximum absolute atomic E-state index is 12.5. The van der Waals surface area contributed by atoms with E-state index in [0.29, 0.717) is 28.5 Å². The van der Waals surface area contributed by atoms with Gasteiger partial charge in [0, 0.05) is 0 Å². The standard InChI is InChI=1S/C16H19N5O/c1-9-12-5-11(16(12,2)3)6-13(9)19-15(22)10-4-14-20-17-8-21(14)18-7-10/h4,7-8,11-13H,1,5-6H2,2-3H3,(H,19,22)/t11-,12+,13?/m1/s1. The van der Waals surface area contributed by atoms with Crippen molar-refractivity contribution in [2.24, 2.45) is 17.3 Å². The van der Waals surface area contributed by atoms with Crippen LogP contribution in [0.25, 0.3) is 5.65 Å². The van der Waals surface area contributed by atoms with Crippen LogP contribution in [0.4, 0.5) is 0 Å². The monoisotopic (exact) mass is 297 g/mol. The molecule has 3 atom stereocenters. The molecule has 0 aliphatic heterocycles. The van der Waals surface area contributed by atoms with Crippen LogP contribution in [-0.2, 0) is 0 Å². The van der Waals surface area contributed by atoms with E-state index in [1.807, 2.05) is 0 Å². The highest BCUT2D eigenvalue weighted by Crippen LogP contribution is 2.60. The van der Waals surface area contributed by atoms with Crippen LogP contribution in [-0.4, -0.2) is 31.8 Å². The Labute approximate surface area is 128 Å². The number of aromatic nitrogens is 4. The molecule has 1 amide bonds. The van der Waals surface area contributed by atoms with Crippen molar-refractivity contribution in [2.75, 3.05) is 0 Å². The number of carbonyl (C=O) groups is 1. The number of hydrogen-bond acceptors (Lipinski definition) is 4. The lowest BCUT2D eigenvalue weighted by Gasteiger charge is -2.60. The van der Waals surface area contributed by atoms with Crippen LogP contribution in [0.1, 0.15) is 37.0 Å². The Hall–Kier alpha value is -2.24. The number of rotatable bonds is 2. The SMILES string of the molecule is C=C1C(NC(=O)c2cnn3cnnc3c2)C[C@H]2C[C@@H]1C2(C)C. The molecular formula is C16H19N5O. The summed E-state index contributed by atoms with van der Waals surface area (Å²) < 4.78 is 1.54. The molecule has 22 heavy (non-hydrogen) atoms. The topological polar surface area (TPSA) is 72.2 Å². The van der Waals surface area contributed by atoms with E-state index >= 15 is 0 Å². The summed E-state index contributed by atoms with van der Waals surface area (Å²) in [4.78, 5) is 12.5. The van der Waals surface area contributed by atoms with Gasteiger partial charge in [-0.25, -0.2) is 4.52 Å². The first-order chi connectivity index (χ1) is 10.5. The minimum Gasteiger partial charge on any atom is -0.346 e. The quantitative estimate of drug-likeness (QED) is 0.859. The van der Waals surface area contributed by atoms with Crippen LogP contribution in [0.2, 0.25) is 0 Å². The normalized spacial score (nSPS) is 29.2. The van der Waals surface area contributed by atoms with E-state index in [-0.39, 0.29) is 11.9 Å². The fourth-order valence-electron chi connectivity index (χ4n) is 3.96. The number of nitrogens with zero attached hydrogens (tertiary/aromatic N) is 4. The first-order valence-corrected chi connectivity index (χ1v) is 7.62. The molecule has 0 aromatic carbocycles. The van der Waals surface area contributed by atoms with E-state index < -0.39 is 0 Å². The van der Waals surface area contributed by atoms with E-state index in [2.05, 4.69) is 41.0 Å². The van der Waals surface area contributed by atoms with Crippen LogP contribution in [0, 0.1) is 17.3 Å². The Bertz CT molecular complexity index is 778. The highest BCUT2D eigenvalue weighted by atomic mass is 16.1. The highest BCUT2D eigenvalue weighted by Gasteiger charge is 2.54. The second-order valence-electron chi connectivity index (χ2n) is 7.02. The Morgan fingerprint density at radius 3 is 3.00 bits per heavy atom. The van der Waals surface area contributed by atoms with E-state index in [0.717, 1.165) is 12.0 Å². The smallest absolute Gasteiger partial charge is 0.253 e. The Morgan fingerprint density at radius 2 is 2.27 bits per heavy atom. The average Bonchev–Trinajstić information content (AvgIpc) is 2.95. The number of fused-ring (bicyclic) bond motifs is 3. The molecule has 2 bridgehead atoms. The first-order valence-electron chi connectivity index (χ1n) is 7.62. The van der Waals surface area contributed by atoms with E-state index in [1.165, 1.54) is 17.3 Å². The third kappa shape index (κ3) is 1.79. The predicted molar refractivity (Wildman–Crippen MR) is 81.2 cm³/mol. The van der Waals surface area contributed by atoms with Gasteiger partial charge in [0.25, 0.3) is 5.91 Å². The molecule has 5 rings (SSSR count). The summed E-state index contributed by atoms with van der Waals surface area (Å²) in [7, 11) is 0. The molecule has 2 aromatic heterocycles. The van der Waals surface area contributed by atoms with Crippen molar-refractivity contribution in [2.45, 2.75) is 32.7 Å². The molecule has 6 heteroatoms. The maximum atomic E-state index is 12.5. The summed E-state index contributed by atoms with van der Waals surface area (Å²) >= 11 is 0. The van der Waals surface area contributed by atoms with Gasteiger partial charge < -0.3 is 5.32 Å². The van der Waals surface area contributed by atoms with Gasteiger partial charge >= 0.3 is 0 Å². The lowest BCUT2D eigenvalue weighted by Crippen LogP contribution is -2.57. The molecule has 114 valence electrons. The van der Waals surface area contributed by atoms with Crippen molar-refractivity contribution in [1.82, 2.24) is 25.1 Å². The summed E-state index contributed by atoms with van der Waals surface area (Å²) in [5, 5.41) is 14.9. The molecule has 3 fully saturated rings. The van der Waals surface area contributed by atoms with Crippen LogP contribution in [0.5, 0.6) is 0 Å². The minimum absolute atomic E-state index is 0.0679. The van der Waals surface area contributed by atoms with Gasteiger partial charge in [-0.3, -0.25) is 4.79 Å². The van der Waals surface area contributed by atoms with Gasteiger partial charge in [-0.05, 0) is 36.2 Å². The van der Waals surface area contributed by atoms with E-state index in [1.54, 1.807) is 12.3 Å². The van der Waals surface area contributed by atoms with Crippen molar-refractivity contribution >= 4 is 11.6 Å². The van der Waals surface area contributed by atoms with Crippen molar-refractivity contribution < 1.29 is 4.79 Å². The van der Waals surface area contributed by atoms with Crippen LogP contribution < -0.4 is 5.32 Å². The molecule has 3 aliphatic carbocycles. The number of amides is 1. The maximum Gasteiger partial charge on any atom is 0.253 e. The van der Waals surface area contributed by atoms with Gasteiger partial charge in [0.1, 0.15) is 6.33 Å². The molecule has 2 heterocycles. The number of nitrogens with one attached hydrogen (secondary N) is 1. The second-order valence-corrected chi connectivity index (χ2v) is 7.02. The molecule has 6 nitrogen and oxygen atoms in total. The van der Waals surface area contributed by atoms with E-state index in [9.17, 15) is 4.79 Å². The van der Waals surface area contributed by atoms with E-state index in [4.69, 9.17) is 0 Å². The predicted octanol–water partition coefficient (Wildman–Crippen LogP) is 1.84. The first kappa shape index (κ1) is 13.4. The average molecular weight is 297 g/mol. The summed E-state index contributed by atoms with van der Waals surface area (Å²) in [6.07, 6.45) is 5.25. The zero-order valence-electron chi connectivity index (χ0n) is 12.8. The Morgan fingerprint density at radius 1 is 1.45 bits per heavy atom. The number of carbonyl (C=O) groups excluding carboxylic acids is 1. The lowest BCUT2D eigenvalue weighted by atomic mass is 9.46. The molecule has 0 saturated heterocycles. The van der Waals surface area contributed by atoms with Crippen LogP contribution in [0.15, 0.2) is 30.7 Å². The fourth-order valence-corrected chi connectivity index (χ4v) is 3.96. The van der Waals surface area contributed by atoms with Crippen molar-refractivity contribution in [3.05, 3.63) is 36.3 Å². The zero-order valence-corrected chi connectivity index (χ0v) is 12.8. The summed E-state index contributed by atoms with van der Waals surface area (Å²) in [5.41, 5.74) is 2.57. The summed E-state index contributed by atoms with van der Waals surface area (Å²) in [6, 6.07) is 1.77. The molecule has 0 spiro atoms. The van der Waals surface area contributed by atoms with Gasteiger partial charge in [-0.2, -0.15) is 5.10 Å². The zero-order chi connectivity index (χ0) is 15.5. The molecule has 3 aliphatic rings. The van der Waals surface area contributed by atoms with Gasteiger partial charge in [-0.1, -0.05) is 26.0 Å². The molecule has 3 saturated carbocycles. The highest BCUT2D eigenvalue weighted by molar-refractivity contribution is 5.95. The van der Waals surface area contributed by atoms with Crippen LogP contribution in [0.3, 0.4) is 0 Å². The summed E-state index contributed by atoms with van der Waals surface area (Å²) in [6.45, 7) is 8.85. The second kappa shape index (κ2) is 4.38. The third-order valence-electron chi connectivity index (χ3n) is 5.62. The molecular weight excluding hydrogens is 278 g/mol. The minimum atomic E-state index is -0.122. The van der Waals surface area contributed by atoms with Crippen molar-refractivity contribution in [3.63, 3.8) is 0 Å². The van der Waals surface area contributed by atoms with Gasteiger partial charge in [0.2, 0.25) is 0 Å². The fraction of sp³-hybridized carbons (Fsp3) is 0.500. The molecule has 1 N–H and O–H groups in total. The molecule has 0 radical (unpaired) electrons. The Kier molecular flexibility index (Phi) is 2.67. The largest absolute Gasteiger partial charge is 0.346 e. The lowest BCUT2D eigenvalue weighted by molar-refractivity contribution is -0.0374. The van der Waals surface area contributed by atoms with Crippen molar-refractivity contribution in [3.8, 4) is 0 Å².